The molecule has 0 saturated heterocycles. The molecule has 4 rings (SSSR count). The minimum atomic E-state index is 0.214. The van der Waals surface area contributed by atoms with Gasteiger partial charge in [0.2, 0.25) is 0 Å². The molecule has 0 aliphatic carbocycles. The second-order valence-corrected chi connectivity index (χ2v) is 7.53. The van der Waals surface area contributed by atoms with Crippen molar-refractivity contribution in [1.82, 2.24) is 9.88 Å². The number of ether oxygens (including phenoxy) is 1. The molecule has 2 N–H and O–H groups in total. The number of thiocarbonyl (C=S) groups is 1. The third kappa shape index (κ3) is 3.26. The fourth-order valence-corrected chi connectivity index (χ4v) is 4.45. The minimum absolute atomic E-state index is 0.214. The molecule has 1 aliphatic heterocycles. The fourth-order valence-electron chi connectivity index (χ4n) is 3.95. The summed E-state index contributed by atoms with van der Waals surface area (Å²) in [6.45, 7) is 3.07. The maximum atomic E-state index is 6.15. The molecule has 1 aliphatic rings. The van der Waals surface area contributed by atoms with Crippen LogP contribution in [-0.2, 0) is 6.42 Å². The third-order valence-corrected chi connectivity index (χ3v) is 5.78. The molecule has 1 unspecified atom stereocenters. The first-order chi connectivity index (χ1) is 13.1. The van der Waals surface area contributed by atoms with Gasteiger partial charge in [-0.25, -0.2) is 0 Å². The van der Waals surface area contributed by atoms with Crippen molar-refractivity contribution >= 4 is 45.5 Å². The summed E-state index contributed by atoms with van der Waals surface area (Å²) in [6.07, 6.45) is 1.93. The molecule has 0 amide bonds. The van der Waals surface area contributed by atoms with E-state index in [2.05, 4.69) is 46.4 Å². The van der Waals surface area contributed by atoms with Gasteiger partial charge in [0.05, 0.1) is 18.8 Å². The number of nitrogens with one attached hydrogen (secondary N) is 2. The highest BCUT2D eigenvalue weighted by molar-refractivity contribution is 7.80. The Balaban J connectivity index is 1.64. The molecule has 27 heavy (non-hydrogen) atoms. The Kier molecular flexibility index (Phi) is 4.98. The zero-order chi connectivity index (χ0) is 19.0. The predicted octanol–water partition coefficient (Wildman–Crippen LogP) is 5.54. The van der Waals surface area contributed by atoms with Crippen LogP contribution in [0.3, 0.4) is 0 Å². The standard InChI is InChI=1S/C21H22ClN3OS/c1-3-18-20-15(14-6-4-5-7-16(14)23-20)10-11-25(18)21(27)24-17-12-13(22)8-9-19(17)26-2/h4-9,12,18,23H,3,10-11H2,1-2H3,(H,24,27). The summed E-state index contributed by atoms with van der Waals surface area (Å²) in [5.74, 6) is 0.720. The number of rotatable bonds is 3. The molecule has 0 radical (unpaired) electrons. The molecular weight excluding hydrogens is 378 g/mol. The zero-order valence-corrected chi connectivity index (χ0v) is 17.0. The number of nitrogens with zero attached hydrogens (tertiary/aromatic N) is 1. The van der Waals surface area contributed by atoms with Crippen LogP contribution < -0.4 is 10.1 Å². The molecule has 4 nitrogen and oxygen atoms in total. The number of para-hydroxylation sites is 1. The first-order valence-electron chi connectivity index (χ1n) is 9.13. The number of aromatic amines is 1. The lowest BCUT2D eigenvalue weighted by atomic mass is 9.96. The molecule has 0 saturated carbocycles. The minimum Gasteiger partial charge on any atom is -0.495 e. The van der Waals surface area contributed by atoms with Gasteiger partial charge in [-0.05, 0) is 54.9 Å². The maximum Gasteiger partial charge on any atom is 0.174 e. The predicted molar refractivity (Wildman–Crippen MR) is 116 cm³/mol. The molecule has 1 atom stereocenters. The summed E-state index contributed by atoms with van der Waals surface area (Å²) >= 11 is 11.9. The van der Waals surface area contributed by atoms with E-state index in [1.165, 1.54) is 22.2 Å². The molecule has 0 bridgehead atoms. The summed E-state index contributed by atoms with van der Waals surface area (Å²) < 4.78 is 5.43. The number of H-pyrrole nitrogens is 1. The van der Waals surface area contributed by atoms with E-state index in [-0.39, 0.29) is 6.04 Å². The molecule has 2 heterocycles. The van der Waals surface area contributed by atoms with Crippen molar-refractivity contribution in [3.05, 3.63) is 58.7 Å². The normalized spacial score (nSPS) is 16.3. The Morgan fingerprint density at radius 3 is 2.93 bits per heavy atom. The van der Waals surface area contributed by atoms with Crippen molar-refractivity contribution < 1.29 is 4.74 Å². The van der Waals surface area contributed by atoms with Crippen molar-refractivity contribution in [2.75, 3.05) is 19.0 Å². The van der Waals surface area contributed by atoms with Gasteiger partial charge in [-0.2, -0.15) is 0 Å². The van der Waals surface area contributed by atoms with Crippen molar-refractivity contribution in [2.45, 2.75) is 25.8 Å². The van der Waals surface area contributed by atoms with Gasteiger partial charge in [0, 0.05) is 28.2 Å². The molecule has 2 aromatic carbocycles. The van der Waals surface area contributed by atoms with Crippen LogP contribution in [0.2, 0.25) is 5.02 Å². The molecule has 1 aromatic heterocycles. The Bertz CT molecular complexity index is 1000. The Morgan fingerprint density at radius 2 is 2.15 bits per heavy atom. The lowest BCUT2D eigenvalue weighted by molar-refractivity contribution is 0.291. The Hall–Kier alpha value is -2.24. The molecule has 0 fully saturated rings. The second-order valence-electron chi connectivity index (χ2n) is 6.71. The van der Waals surface area contributed by atoms with Crippen LogP contribution in [0.15, 0.2) is 42.5 Å². The quantitative estimate of drug-likeness (QED) is 0.567. The molecule has 6 heteroatoms. The molecule has 140 valence electrons. The van der Waals surface area contributed by atoms with E-state index in [1.54, 1.807) is 13.2 Å². The van der Waals surface area contributed by atoms with Crippen LogP contribution in [0.4, 0.5) is 5.69 Å². The fraction of sp³-hybridized carbons (Fsp3) is 0.286. The van der Waals surface area contributed by atoms with Crippen molar-refractivity contribution in [1.29, 1.82) is 0 Å². The number of halogens is 1. The van der Waals surface area contributed by atoms with Crippen LogP contribution in [0.5, 0.6) is 5.75 Å². The van der Waals surface area contributed by atoms with Gasteiger partial charge < -0.3 is 19.9 Å². The highest BCUT2D eigenvalue weighted by Crippen LogP contribution is 2.37. The van der Waals surface area contributed by atoms with Gasteiger partial charge in [0.25, 0.3) is 0 Å². The first kappa shape index (κ1) is 18.1. The van der Waals surface area contributed by atoms with Gasteiger partial charge in [0.1, 0.15) is 5.75 Å². The van der Waals surface area contributed by atoms with E-state index in [0.29, 0.717) is 10.1 Å². The lowest BCUT2D eigenvalue weighted by Crippen LogP contribution is -2.42. The van der Waals surface area contributed by atoms with Crippen molar-refractivity contribution in [3.8, 4) is 5.75 Å². The zero-order valence-electron chi connectivity index (χ0n) is 15.4. The lowest BCUT2D eigenvalue weighted by Gasteiger charge is -2.37. The smallest absolute Gasteiger partial charge is 0.174 e. The number of aromatic nitrogens is 1. The average molecular weight is 400 g/mol. The first-order valence-corrected chi connectivity index (χ1v) is 9.91. The van der Waals surface area contributed by atoms with Crippen LogP contribution >= 0.6 is 23.8 Å². The van der Waals surface area contributed by atoms with Crippen molar-refractivity contribution in [2.24, 2.45) is 0 Å². The van der Waals surface area contributed by atoms with Gasteiger partial charge in [0.15, 0.2) is 5.11 Å². The van der Waals surface area contributed by atoms with E-state index < -0.39 is 0 Å². The van der Waals surface area contributed by atoms with E-state index >= 15 is 0 Å². The summed E-state index contributed by atoms with van der Waals surface area (Å²) in [5, 5.41) is 5.99. The maximum absolute atomic E-state index is 6.15. The molecular formula is C21H22ClN3OS. The van der Waals surface area contributed by atoms with E-state index in [0.717, 1.165) is 30.8 Å². The average Bonchev–Trinajstić information content (AvgIpc) is 3.06. The Labute approximate surface area is 169 Å². The largest absolute Gasteiger partial charge is 0.495 e. The van der Waals surface area contributed by atoms with E-state index in [9.17, 15) is 0 Å². The van der Waals surface area contributed by atoms with Gasteiger partial charge in [-0.15, -0.1) is 0 Å². The van der Waals surface area contributed by atoms with Gasteiger partial charge in [-0.1, -0.05) is 36.7 Å². The monoisotopic (exact) mass is 399 g/mol. The number of benzene rings is 2. The number of methoxy groups -OCH3 is 1. The highest BCUT2D eigenvalue weighted by atomic mass is 35.5. The Morgan fingerprint density at radius 1 is 1.33 bits per heavy atom. The molecule has 3 aromatic rings. The van der Waals surface area contributed by atoms with Crippen LogP contribution in [0, 0.1) is 0 Å². The van der Waals surface area contributed by atoms with Crippen LogP contribution in [0.1, 0.15) is 30.6 Å². The topological polar surface area (TPSA) is 40.3 Å². The number of hydrogen-bond donors (Lipinski definition) is 2. The third-order valence-electron chi connectivity index (χ3n) is 5.21. The van der Waals surface area contributed by atoms with Crippen LogP contribution in [-0.4, -0.2) is 28.7 Å². The summed E-state index contributed by atoms with van der Waals surface area (Å²) in [7, 11) is 1.64. The molecule has 0 spiro atoms. The summed E-state index contributed by atoms with van der Waals surface area (Å²) in [5.41, 5.74) is 4.66. The van der Waals surface area contributed by atoms with Crippen molar-refractivity contribution in [3.63, 3.8) is 0 Å². The SMILES string of the molecule is CCC1c2[nH]c3ccccc3c2CCN1C(=S)Nc1cc(Cl)ccc1OC. The van der Waals surface area contributed by atoms with Gasteiger partial charge in [-0.3, -0.25) is 0 Å². The summed E-state index contributed by atoms with van der Waals surface area (Å²) in [4.78, 5) is 5.88. The number of hydrogen-bond acceptors (Lipinski definition) is 2. The van der Waals surface area contributed by atoms with Crippen LogP contribution in [0.25, 0.3) is 10.9 Å². The van der Waals surface area contributed by atoms with E-state index in [1.807, 2.05) is 12.1 Å². The highest BCUT2D eigenvalue weighted by Gasteiger charge is 2.30. The second kappa shape index (κ2) is 7.41. The number of anilines is 1. The van der Waals surface area contributed by atoms with Gasteiger partial charge >= 0.3 is 0 Å². The van der Waals surface area contributed by atoms with E-state index in [4.69, 9.17) is 28.6 Å². The number of fused-ring (bicyclic) bond motifs is 3. The summed E-state index contributed by atoms with van der Waals surface area (Å²) in [6, 6.07) is 14.2.